The summed E-state index contributed by atoms with van der Waals surface area (Å²) in [7, 11) is 0.455. The van der Waals surface area contributed by atoms with Gasteiger partial charge in [-0.15, -0.1) is 0 Å². The second-order valence-corrected chi connectivity index (χ2v) is 6.54. The van der Waals surface area contributed by atoms with E-state index in [1.54, 1.807) is 19.2 Å². The van der Waals surface area contributed by atoms with Crippen molar-refractivity contribution in [1.29, 1.82) is 0 Å². The average molecular weight is 322 g/mol. The number of nitrogens with zero attached hydrogens (tertiary/aromatic N) is 1. The number of halogens is 1. The zero-order chi connectivity index (χ0) is 15.2. The fourth-order valence-electron chi connectivity index (χ4n) is 1.85. The molecule has 0 saturated carbocycles. The molecule has 0 aliphatic rings. The zero-order valence-corrected chi connectivity index (χ0v) is 13.2. The molecule has 0 saturated heterocycles. The molecule has 0 bridgehead atoms. The summed E-state index contributed by atoms with van der Waals surface area (Å²) in [4.78, 5) is 13.6. The number of carbonyl (C=O) groups is 1. The molecule has 5 heteroatoms. The lowest BCUT2D eigenvalue weighted by Gasteiger charge is -2.16. The third kappa shape index (κ3) is 4.69. The minimum atomic E-state index is -1.24. The van der Waals surface area contributed by atoms with Crippen molar-refractivity contribution in [3.05, 3.63) is 65.2 Å². The second-order valence-electron chi connectivity index (χ2n) is 4.64. The first-order valence-corrected chi connectivity index (χ1v) is 8.34. The molecule has 0 aliphatic carbocycles. The van der Waals surface area contributed by atoms with Gasteiger partial charge in [-0.05, 0) is 29.8 Å². The number of para-hydroxylation sites is 1. The van der Waals surface area contributed by atoms with Crippen LogP contribution >= 0.6 is 11.6 Å². The summed E-state index contributed by atoms with van der Waals surface area (Å²) in [5, 5.41) is 0.643. The molecule has 0 spiro atoms. The van der Waals surface area contributed by atoms with E-state index in [1.807, 2.05) is 42.5 Å². The summed E-state index contributed by atoms with van der Waals surface area (Å²) >= 11 is 5.81. The predicted molar refractivity (Wildman–Crippen MR) is 88.0 cm³/mol. The predicted octanol–water partition coefficient (Wildman–Crippen LogP) is 3.25. The Morgan fingerprint density at radius 2 is 1.71 bits per heavy atom. The van der Waals surface area contributed by atoms with Crippen LogP contribution in [0.5, 0.6) is 0 Å². The van der Waals surface area contributed by atoms with Crippen molar-refractivity contribution in [1.82, 2.24) is 0 Å². The van der Waals surface area contributed by atoms with Crippen molar-refractivity contribution in [3.63, 3.8) is 0 Å². The lowest BCUT2D eigenvalue weighted by Crippen LogP contribution is -2.30. The molecule has 0 heterocycles. The standard InChI is InChI=1S/C16H16ClNO2S/c1-18(15-5-3-2-4-6-15)16(19)12-21(20)11-13-7-9-14(17)10-8-13/h2-10H,11-12H2,1H3/t21-/m0/s1. The fourth-order valence-corrected chi connectivity index (χ4v) is 3.11. The van der Waals surface area contributed by atoms with Gasteiger partial charge in [0.1, 0.15) is 5.75 Å². The molecule has 0 radical (unpaired) electrons. The van der Waals surface area contributed by atoms with Crippen LogP contribution in [0, 0.1) is 0 Å². The Labute approximate surface area is 132 Å². The Kier molecular flexibility index (Phi) is 5.53. The Morgan fingerprint density at radius 1 is 1.10 bits per heavy atom. The van der Waals surface area contributed by atoms with Crippen LogP contribution in [0.3, 0.4) is 0 Å². The third-order valence-corrected chi connectivity index (χ3v) is 4.52. The third-order valence-electron chi connectivity index (χ3n) is 3.04. The van der Waals surface area contributed by atoms with Gasteiger partial charge in [0.2, 0.25) is 5.91 Å². The van der Waals surface area contributed by atoms with E-state index >= 15 is 0 Å². The summed E-state index contributed by atoms with van der Waals surface area (Å²) < 4.78 is 12.1. The van der Waals surface area contributed by atoms with Gasteiger partial charge in [-0.2, -0.15) is 0 Å². The molecule has 0 unspecified atom stereocenters. The highest BCUT2D eigenvalue weighted by atomic mass is 35.5. The molecule has 0 N–H and O–H groups in total. The van der Waals surface area contributed by atoms with Crippen LogP contribution in [0.25, 0.3) is 0 Å². The SMILES string of the molecule is CN(C(=O)C[S@@](=O)Cc1ccc(Cl)cc1)c1ccccc1. The molecule has 2 aromatic rings. The number of rotatable bonds is 5. The number of hydrogen-bond donors (Lipinski definition) is 0. The highest BCUT2D eigenvalue weighted by Gasteiger charge is 2.14. The van der Waals surface area contributed by atoms with Crippen LogP contribution in [-0.4, -0.2) is 22.9 Å². The molecule has 1 amide bonds. The molecular weight excluding hydrogens is 306 g/mol. The van der Waals surface area contributed by atoms with Gasteiger partial charge in [0.25, 0.3) is 0 Å². The van der Waals surface area contributed by atoms with Gasteiger partial charge >= 0.3 is 0 Å². The Balaban J connectivity index is 1.93. The van der Waals surface area contributed by atoms with E-state index in [9.17, 15) is 9.00 Å². The van der Waals surface area contributed by atoms with Crippen molar-refractivity contribution in [2.24, 2.45) is 0 Å². The van der Waals surface area contributed by atoms with Gasteiger partial charge in [-0.25, -0.2) is 0 Å². The van der Waals surface area contributed by atoms with Crippen molar-refractivity contribution in [2.75, 3.05) is 17.7 Å². The Bertz CT molecular complexity index is 628. The van der Waals surface area contributed by atoms with Crippen molar-refractivity contribution in [2.45, 2.75) is 5.75 Å². The van der Waals surface area contributed by atoms with E-state index in [-0.39, 0.29) is 11.7 Å². The van der Waals surface area contributed by atoms with Gasteiger partial charge in [-0.1, -0.05) is 41.9 Å². The number of amides is 1. The molecule has 2 aromatic carbocycles. The summed E-state index contributed by atoms with van der Waals surface area (Å²) in [6.45, 7) is 0. The van der Waals surface area contributed by atoms with Crippen LogP contribution in [0.2, 0.25) is 5.02 Å². The minimum absolute atomic E-state index is 0.00796. The number of hydrogen-bond acceptors (Lipinski definition) is 2. The van der Waals surface area contributed by atoms with Crippen LogP contribution in [0.15, 0.2) is 54.6 Å². The monoisotopic (exact) mass is 321 g/mol. The molecule has 21 heavy (non-hydrogen) atoms. The van der Waals surface area contributed by atoms with Gasteiger partial charge < -0.3 is 4.90 Å². The highest BCUT2D eigenvalue weighted by molar-refractivity contribution is 7.84. The van der Waals surface area contributed by atoms with E-state index in [0.717, 1.165) is 11.3 Å². The van der Waals surface area contributed by atoms with Crippen LogP contribution in [-0.2, 0) is 21.3 Å². The normalized spacial score (nSPS) is 11.9. The van der Waals surface area contributed by atoms with Gasteiger partial charge in [0.15, 0.2) is 0 Å². The van der Waals surface area contributed by atoms with E-state index in [2.05, 4.69) is 0 Å². The first-order valence-electron chi connectivity index (χ1n) is 6.47. The molecule has 1 atom stereocenters. The molecule has 3 nitrogen and oxygen atoms in total. The average Bonchev–Trinajstić information content (AvgIpc) is 2.49. The quantitative estimate of drug-likeness (QED) is 0.847. The van der Waals surface area contributed by atoms with Crippen LogP contribution in [0.1, 0.15) is 5.56 Å². The number of anilines is 1. The molecule has 2 rings (SSSR count). The van der Waals surface area contributed by atoms with Crippen LogP contribution in [0.4, 0.5) is 5.69 Å². The maximum absolute atomic E-state index is 12.1. The molecule has 0 aliphatic heterocycles. The largest absolute Gasteiger partial charge is 0.315 e. The molecule has 110 valence electrons. The molecule has 0 fully saturated rings. The Morgan fingerprint density at radius 3 is 2.33 bits per heavy atom. The van der Waals surface area contributed by atoms with Gasteiger partial charge in [0.05, 0.1) is 0 Å². The first kappa shape index (κ1) is 15.7. The molecular formula is C16H16ClNO2S. The maximum atomic E-state index is 12.1. The fraction of sp³-hybridized carbons (Fsp3) is 0.188. The lowest BCUT2D eigenvalue weighted by molar-refractivity contribution is -0.115. The highest BCUT2D eigenvalue weighted by Crippen LogP contribution is 2.13. The zero-order valence-electron chi connectivity index (χ0n) is 11.7. The van der Waals surface area contributed by atoms with E-state index in [0.29, 0.717) is 10.8 Å². The van der Waals surface area contributed by atoms with Crippen molar-refractivity contribution in [3.8, 4) is 0 Å². The number of carbonyl (C=O) groups excluding carboxylic acids is 1. The maximum Gasteiger partial charge on any atom is 0.239 e. The summed E-state index contributed by atoms with van der Waals surface area (Å²) in [5.74, 6) is 0.202. The topological polar surface area (TPSA) is 37.4 Å². The summed E-state index contributed by atoms with van der Waals surface area (Å²) in [5.41, 5.74) is 1.71. The first-order chi connectivity index (χ1) is 10.1. The summed E-state index contributed by atoms with van der Waals surface area (Å²) in [6.07, 6.45) is 0. The Hall–Kier alpha value is -1.65. The lowest BCUT2D eigenvalue weighted by atomic mass is 10.2. The number of benzene rings is 2. The van der Waals surface area contributed by atoms with Gasteiger partial charge in [-0.3, -0.25) is 9.00 Å². The smallest absolute Gasteiger partial charge is 0.239 e. The summed E-state index contributed by atoms with van der Waals surface area (Å²) in [6, 6.07) is 16.5. The van der Waals surface area contributed by atoms with E-state index in [1.165, 1.54) is 4.90 Å². The van der Waals surface area contributed by atoms with E-state index in [4.69, 9.17) is 11.6 Å². The van der Waals surface area contributed by atoms with Crippen molar-refractivity contribution >= 4 is 34.0 Å². The van der Waals surface area contributed by atoms with Crippen LogP contribution < -0.4 is 4.90 Å². The minimum Gasteiger partial charge on any atom is -0.315 e. The van der Waals surface area contributed by atoms with E-state index < -0.39 is 10.8 Å². The van der Waals surface area contributed by atoms with Gasteiger partial charge in [0, 0.05) is 34.3 Å². The van der Waals surface area contributed by atoms with Crippen molar-refractivity contribution < 1.29 is 9.00 Å². The molecule has 0 aromatic heterocycles. The second kappa shape index (κ2) is 7.38.